The van der Waals surface area contributed by atoms with Gasteiger partial charge in [0.15, 0.2) is 0 Å². The number of hydrogen-bond acceptors (Lipinski definition) is 3. The Morgan fingerprint density at radius 2 is 1.71 bits per heavy atom. The van der Waals surface area contributed by atoms with E-state index >= 15 is 0 Å². The van der Waals surface area contributed by atoms with E-state index < -0.39 is 10.0 Å². The van der Waals surface area contributed by atoms with Crippen molar-refractivity contribution >= 4 is 27.3 Å². The number of hydrogen-bond donors (Lipinski definition) is 2. The normalized spacial score (nSPS) is 11.4. The van der Waals surface area contributed by atoms with E-state index in [9.17, 15) is 13.2 Å². The summed E-state index contributed by atoms with van der Waals surface area (Å²) in [6.07, 6.45) is 1.09. The van der Waals surface area contributed by atoms with Crippen LogP contribution in [0.4, 0.5) is 11.4 Å². The third kappa shape index (κ3) is 4.58. The smallest absolute Gasteiger partial charge is 0.255 e. The topological polar surface area (TPSA) is 75.3 Å². The Kier molecular flexibility index (Phi) is 5.29. The van der Waals surface area contributed by atoms with Crippen LogP contribution in [0.1, 0.15) is 41.3 Å². The summed E-state index contributed by atoms with van der Waals surface area (Å²) in [5, 5.41) is 2.93. The lowest BCUT2D eigenvalue weighted by molar-refractivity contribution is 0.102. The number of rotatable bonds is 5. The van der Waals surface area contributed by atoms with Gasteiger partial charge in [-0.2, -0.15) is 0 Å². The minimum Gasteiger partial charge on any atom is -0.322 e. The van der Waals surface area contributed by atoms with E-state index in [4.69, 9.17) is 0 Å². The predicted molar refractivity (Wildman–Crippen MR) is 98.1 cm³/mol. The molecule has 0 saturated carbocycles. The Morgan fingerprint density at radius 3 is 2.29 bits per heavy atom. The highest BCUT2D eigenvalue weighted by molar-refractivity contribution is 7.92. The molecule has 2 aromatic rings. The van der Waals surface area contributed by atoms with Gasteiger partial charge in [-0.25, -0.2) is 8.42 Å². The maximum Gasteiger partial charge on any atom is 0.255 e. The average molecular weight is 346 g/mol. The van der Waals surface area contributed by atoms with Crippen molar-refractivity contribution in [1.82, 2.24) is 0 Å². The molecule has 0 spiro atoms. The first-order chi connectivity index (χ1) is 11.2. The molecule has 2 aromatic carbocycles. The molecule has 0 atom stereocenters. The largest absolute Gasteiger partial charge is 0.322 e. The number of amides is 1. The number of carbonyl (C=O) groups excluding carboxylic acids is 1. The van der Waals surface area contributed by atoms with E-state index in [-0.39, 0.29) is 5.91 Å². The Bertz CT molecular complexity index is 858. The summed E-state index contributed by atoms with van der Waals surface area (Å²) in [6.45, 7) is 5.90. The molecule has 0 aliphatic carbocycles. The van der Waals surface area contributed by atoms with Crippen molar-refractivity contribution in [3.8, 4) is 0 Å². The fourth-order valence-corrected chi connectivity index (χ4v) is 3.06. The molecule has 1 amide bonds. The highest BCUT2D eigenvalue weighted by Crippen LogP contribution is 2.25. The second-order valence-electron chi connectivity index (χ2n) is 6.10. The van der Waals surface area contributed by atoms with Crippen LogP contribution in [0.25, 0.3) is 0 Å². The van der Waals surface area contributed by atoms with E-state index in [0.29, 0.717) is 22.7 Å². The van der Waals surface area contributed by atoms with Gasteiger partial charge in [-0.3, -0.25) is 9.52 Å². The molecular formula is C18H22N2O3S. The number of aryl methyl sites for hydroxylation is 1. The molecule has 0 aromatic heterocycles. The molecule has 0 heterocycles. The van der Waals surface area contributed by atoms with Crippen LogP contribution in [0.5, 0.6) is 0 Å². The lowest BCUT2D eigenvalue weighted by Crippen LogP contribution is -2.15. The summed E-state index contributed by atoms with van der Waals surface area (Å²) in [6, 6.07) is 12.6. The molecule has 24 heavy (non-hydrogen) atoms. The van der Waals surface area contributed by atoms with Gasteiger partial charge in [0, 0.05) is 11.3 Å². The van der Waals surface area contributed by atoms with Crippen molar-refractivity contribution in [2.24, 2.45) is 0 Å². The van der Waals surface area contributed by atoms with Gasteiger partial charge in [-0.05, 0) is 48.2 Å². The maximum atomic E-state index is 12.5. The van der Waals surface area contributed by atoms with E-state index in [1.807, 2.05) is 24.3 Å². The van der Waals surface area contributed by atoms with Crippen molar-refractivity contribution in [2.75, 3.05) is 16.3 Å². The molecule has 0 bridgehead atoms. The van der Waals surface area contributed by atoms with Gasteiger partial charge in [0.2, 0.25) is 10.0 Å². The summed E-state index contributed by atoms with van der Waals surface area (Å²) in [4.78, 5) is 12.5. The van der Waals surface area contributed by atoms with Gasteiger partial charge >= 0.3 is 0 Å². The molecule has 2 rings (SSSR count). The standard InChI is InChI=1S/C18H22N2O3S/c1-12(2)15-7-5-6-8-17(15)19-18(21)14-9-10-16(13(3)11-14)20-24(4,22)23/h5-12,20H,1-4H3,(H,19,21). The molecule has 0 saturated heterocycles. The van der Waals surface area contributed by atoms with E-state index in [1.54, 1.807) is 25.1 Å². The average Bonchev–Trinajstić information content (AvgIpc) is 2.48. The van der Waals surface area contributed by atoms with Crippen LogP contribution in [0, 0.1) is 6.92 Å². The Balaban J connectivity index is 2.24. The number of nitrogens with one attached hydrogen (secondary N) is 2. The van der Waals surface area contributed by atoms with E-state index in [1.165, 1.54) is 0 Å². The quantitative estimate of drug-likeness (QED) is 0.866. The fraction of sp³-hybridized carbons (Fsp3) is 0.278. The van der Waals surface area contributed by atoms with Crippen LogP contribution < -0.4 is 10.0 Å². The molecule has 128 valence electrons. The lowest BCUT2D eigenvalue weighted by Gasteiger charge is -2.14. The number of carbonyl (C=O) groups is 1. The summed E-state index contributed by atoms with van der Waals surface area (Å²) in [7, 11) is -3.35. The number of anilines is 2. The molecule has 6 heteroatoms. The first kappa shape index (κ1) is 18.0. The van der Waals surface area contributed by atoms with Crippen LogP contribution in [0.3, 0.4) is 0 Å². The first-order valence-electron chi connectivity index (χ1n) is 7.66. The Morgan fingerprint density at radius 1 is 1.04 bits per heavy atom. The van der Waals surface area contributed by atoms with Gasteiger partial charge in [0.25, 0.3) is 5.91 Å². The Labute approximate surface area is 143 Å². The highest BCUT2D eigenvalue weighted by Gasteiger charge is 2.13. The van der Waals surface area contributed by atoms with Crippen LogP contribution in [0.15, 0.2) is 42.5 Å². The third-order valence-electron chi connectivity index (χ3n) is 3.61. The molecule has 0 aliphatic rings. The number of sulfonamides is 1. The molecule has 0 fully saturated rings. The van der Waals surface area contributed by atoms with Crippen molar-refractivity contribution in [1.29, 1.82) is 0 Å². The van der Waals surface area contributed by atoms with Crippen molar-refractivity contribution < 1.29 is 13.2 Å². The molecule has 0 aliphatic heterocycles. The van der Waals surface area contributed by atoms with E-state index in [2.05, 4.69) is 23.9 Å². The van der Waals surface area contributed by atoms with Gasteiger partial charge < -0.3 is 5.32 Å². The second kappa shape index (κ2) is 7.05. The molecular weight excluding hydrogens is 324 g/mol. The zero-order valence-electron chi connectivity index (χ0n) is 14.3. The maximum absolute atomic E-state index is 12.5. The van der Waals surface area contributed by atoms with Crippen molar-refractivity contribution in [3.63, 3.8) is 0 Å². The monoisotopic (exact) mass is 346 g/mol. The highest BCUT2D eigenvalue weighted by atomic mass is 32.2. The molecule has 5 nitrogen and oxygen atoms in total. The summed E-state index contributed by atoms with van der Waals surface area (Å²) >= 11 is 0. The summed E-state index contributed by atoms with van der Waals surface area (Å²) in [5.74, 6) is 0.0710. The minimum absolute atomic E-state index is 0.225. The van der Waals surface area contributed by atoms with E-state index in [0.717, 1.165) is 17.5 Å². The summed E-state index contributed by atoms with van der Waals surface area (Å²) < 4.78 is 25.1. The fourth-order valence-electron chi connectivity index (χ4n) is 2.43. The van der Waals surface area contributed by atoms with Crippen LogP contribution in [-0.2, 0) is 10.0 Å². The van der Waals surface area contributed by atoms with Crippen molar-refractivity contribution in [2.45, 2.75) is 26.7 Å². The number of benzene rings is 2. The zero-order valence-corrected chi connectivity index (χ0v) is 15.1. The van der Waals surface area contributed by atoms with Gasteiger partial charge in [0.05, 0.1) is 11.9 Å². The molecule has 0 unspecified atom stereocenters. The number of para-hydroxylation sites is 1. The summed E-state index contributed by atoms with van der Waals surface area (Å²) in [5.41, 5.74) is 3.48. The SMILES string of the molecule is Cc1cc(C(=O)Nc2ccccc2C(C)C)ccc1NS(C)(=O)=O. The first-order valence-corrected chi connectivity index (χ1v) is 9.55. The zero-order chi connectivity index (χ0) is 17.9. The third-order valence-corrected chi connectivity index (χ3v) is 4.21. The van der Waals surface area contributed by atoms with Crippen LogP contribution in [-0.4, -0.2) is 20.6 Å². The van der Waals surface area contributed by atoms with Gasteiger partial charge in [-0.1, -0.05) is 32.0 Å². The van der Waals surface area contributed by atoms with Gasteiger partial charge in [0.1, 0.15) is 0 Å². The second-order valence-corrected chi connectivity index (χ2v) is 7.85. The molecule has 0 radical (unpaired) electrons. The van der Waals surface area contributed by atoms with Crippen LogP contribution >= 0.6 is 0 Å². The minimum atomic E-state index is -3.35. The predicted octanol–water partition coefficient (Wildman–Crippen LogP) is 3.74. The molecule has 2 N–H and O–H groups in total. The van der Waals surface area contributed by atoms with Crippen molar-refractivity contribution in [3.05, 3.63) is 59.2 Å². The van der Waals surface area contributed by atoms with Gasteiger partial charge in [-0.15, -0.1) is 0 Å². The Hall–Kier alpha value is -2.34. The van der Waals surface area contributed by atoms with Crippen LogP contribution in [0.2, 0.25) is 0 Å². The lowest BCUT2D eigenvalue weighted by atomic mass is 10.0.